The fourth-order valence-corrected chi connectivity index (χ4v) is 7.73. The molecule has 0 heterocycles. The zero-order chi connectivity index (χ0) is 24.1. The van der Waals surface area contributed by atoms with Gasteiger partial charge in [0.2, 0.25) is 0 Å². The van der Waals surface area contributed by atoms with Crippen molar-refractivity contribution in [2.75, 3.05) is 5.32 Å². The van der Waals surface area contributed by atoms with Gasteiger partial charge in [-0.05, 0) is 92.3 Å². The summed E-state index contributed by atoms with van der Waals surface area (Å²) in [7, 11) is -3.79. The minimum Gasteiger partial charge on any atom is -0.390 e. The molecule has 3 unspecified atom stereocenters. The molecule has 0 radical (unpaired) electrons. The van der Waals surface area contributed by atoms with Gasteiger partial charge in [0.25, 0.3) is 5.91 Å². The molecule has 0 saturated heterocycles. The topological polar surface area (TPSA) is 83.5 Å². The van der Waals surface area contributed by atoms with Crippen molar-refractivity contribution in [3.8, 4) is 0 Å². The van der Waals surface area contributed by atoms with Gasteiger partial charge in [-0.1, -0.05) is 25.4 Å². The standard InChI is InChI=1S/C25H29ClFNO4S/c1-14(2)20-13-18(7-9-22(20)27)28-24(29)15-4-8-21(26)23(10-15)33(31,32)19-11-16-5-6-17(12-19)25(16,3)30/h4,7-10,13-14,16-17,19,30H,5-6,11-12H2,1-3H3,(H,28,29)/t16-,17?,19?,25?/m1/s1. The first-order valence-electron chi connectivity index (χ1n) is 11.3. The SMILES string of the molecule is CC(C)c1cc(NC(=O)c2ccc(Cl)c(S(=O)(=O)C3CC4CC[C@H](C3)C4(C)O)c2)ccc1F. The van der Waals surface area contributed by atoms with Crippen molar-refractivity contribution in [1.82, 2.24) is 0 Å². The third-order valence-corrected chi connectivity index (χ3v) is 10.1. The number of amides is 1. The number of carbonyl (C=O) groups is 1. The van der Waals surface area contributed by atoms with E-state index in [9.17, 15) is 22.7 Å². The van der Waals surface area contributed by atoms with E-state index in [0.717, 1.165) is 12.8 Å². The average Bonchev–Trinajstić information content (AvgIpc) is 2.92. The van der Waals surface area contributed by atoms with Gasteiger partial charge in [-0.25, -0.2) is 12.8 Å². The van der Waals surface area contributed by atoms with E-state index in [0.29, 0.717) is 24.1 Å². The van der Waals surface area contributed by atoms with Gasteiger partial charge in [0.15, 0.2) is 9.84 Å². The number of halogens is 2. The molecule has 4 rings (SSSR count). The lowest BCUT2D eigenvalue weighted by Gasteiger charge is -2.40. The Balaban J connectivity index is 1.59. The van der Waals surface area contributed by atoms with E-state index in [1.165, 1.54) is 30.3 Å². The van der Waals surface area contributed by atoms with Crippen LogP contribution in [0.3, 0.4) is 0 Å². The summed E-state index contributed by atoms with van der Waals surface area (Å²) in [6.07, 6.45) is 2.39. The second kappa shape index (κ2) is 8.67. The molecule has 1 amide bonds. The minimum atomic E-state index is -3.79. The number of fused-ring (bicyclic) bond motifs is 2. The van der Waals surface area contributed by atoms with Crippen LogP contribution in [0.15, 0.2) is 41.3 Å². The first kappa shape index (κ1) is 24.2. The minimum absolute atomic E-state index is 0.0549. The zero-order valence-corrected chi connectivity index (χ0v) is 20.5. The Morgan fingerprint density at radius 2 is 1.79 bits per heavy atom. The van der Waals surface area contributed by atoms with Crippen LogP contribution in [0.4, 0.5) is 10.1 Å². The molecule has 2 aromatic carbocycles. The Kier molecular flexibility index (Phi) is 6.35. The van der Waals surface area contributed by atoms with Crippen LogP contribution >= 0.6 is 11.6 Å². The summed E-state index contributed by atoms with van der Waals surface area (Å²) in [6, 6.07) is 8.55. The second-order valence-corrected chi connectivity index (χ2v) is 12.4. The maximum atomic E-state index is 14.0. The van der Waals surface area contributed by atoms with Gasteiger partial charge >= 0.3 is 0 Å². The molecule has 0 aliphatic heterocycles. The van der Waals surface area contributed by atoms with Gasteiger partial charge < -0.3 is 10.4 Å². The van der Waals surface area contributed by atoms with Crippen LogP contribution in [0.2, 0.25) is 5.02 Å². The third kappa shape index (κ3) is 4.43. The summed E-state index contributed by atoms with van der Waals surface area (Å²) < 4.78 is 41.0. The monoisotopic (exact) mass is 493 g/mol. The van der Waals surface area contributed by atoms with Crippen LogP contribution in [0.25, 0.3) is 0 Å². The molecule has 2 aromatic rings. The van der Waals surface area contributed by atoms with E-state index in [4.69, 9.17) is 11.6 Å². The number of carbonyl (C=O) groups excluding carboxylic acids is 1. The van der Waals surface area contributed by atoms with Crippen LogP contribution in [-0.2, 0) is 9.84 Å². The van der Waals surface area contributed by atoms with Crippen molar-refractivity contribution >= 4 is 33.0 Å². The zero-order valence-electron chi connectivity index (χ0n) is 18.9. The van der Waals surface area contributed by atoms with E-state index in [1.807, 2.05) is 13.8 Å². The molecule has 2 aliphatic carbocycles. The lowest BCUT2D eigenvalue weighted by atomic mass is 9.76. The molecule has 8 heteroatoms. The first-order chi connectivity index (χ1) is 15.4. The van der Waals surface area contributed by atoms with Crippen molar-refractivity contribution in [3.05, 3.63) is 58.4 Å². The summed E-state index contributed by atoms with van der Waals surface area (Å²) in [6.45, 7) is 5.52. The fourth-order valence-electron chi connectivity index (χ4n) is 5.33. The Bertz CT molecular complexity index is 1180. The van der Waals surface area contributed by atoms with Crippen LogP contribution in [-0.4, -0.2) is 30.3 Å². The van der Waals surface area contributed by atoms with Gasteiger partial charge in [-0.3, -0.25) is 4.79 Å². The van der Waals surface area contributed by atoms with Gasteiger partial charge in [0.1, 0.15) is 5.82 Å². The molecule has 33 heavy (non-hydrogen) atoms. The van der Waals surface area contributed by atoms with E-state index < -0.39 is 26.6 Å². The Labute approximate surface area is 199 Å². The van der Waals surface area contributed by atoms with E-state index in [-0.39, 0.29) is 39.1 Å². The maximum Gasteiger partial charge on any atom is 0.255 e. The largest absolute Gasteiger partial charge is 0.390 e. The van der Waals surface area contributed by atoms with Crippen molar-refractivity contribution in [3.63, 3.8) is 0 Å². The predicted molar refractivity (Wildman–Crippen MR) is 127 cm³/mol. The average molecular weight is 494 g/mol. The molecular weight excluding hydrogens is 465 g/mol. The van der Waals surface area contributed by atoms with Gasteiger partial charge in [0, 0.05) is 11.3 Å². The molecular formula is C25H29ClFNO4S. The number of aliphatic hydroxyl groups is 1. The molecule has 2 bridgehead atoms. The van der Waals surface area contributed by atoms with Crippen LogP contribution in [0, 0.1) is 17.7 Å². The lowest BCUT2D eigenvalue weighted by Crippen LogP contribution is -2.45. The summed E-state index contributed by atoms with van der Waals surface area (Å²) in [4.78, 5) is 12.8. The molecule has 0 aromatic heterocycles. The predicted octanol–water partition coefficient (Wildman–Crippen LogP) is 5.57. The highest BCUT2D eigenvalue weighted by Crippen LogP contribution is 2.51. The highest BCUT2D eigenvalue weighted by atomic mass is 35.5. The van der Waals surface area contributed by atoms with E-state index in [1.54, 1.807) is 13.0 Å². The van der Waals surface area contributed by atoms with Crippen molar-refractivity contribution < 1.29 is 22.7 Å². The summed E-state index contributed by atoms with van der Waals surface area (Å²) >= 11 is 6.28. The molecule has 2 saturated carbocycles. The second-order valence-electron chi connectivity index (χ2n) is 9.83. The number of hydrogen-bond acceptors (Lipinski definition) is 4. The van der Waals surface area contributed by atoms with Crippen molar-refractivity contribution in [2.24, 2.45) is 11.8 Å². The highest BCUT2D eigenvalue weighted by molar-refractivity contribution is 7.92. The summed E-state index contributed by atoms with van der Waals surface area (Å²) in [5.74, 6) is -1.02. The van der Waals surface area contributed by atoms with Gasteiger partial charge in [0.05, 0.1) is 20.8 Å². The highest BCUT2D eigenvalue weighted by Gasteiger charge is 2.53. The first-order valence-corrected chi connectivity index (χ1v) is 13.2. The fraction of sp³-hybridized carbons (Fsp3) is 0.480. The molecule has 0 spiro atoms. The van der Waals surface area contributed by atoms with Crippen LogP contribution in [0.5, 0.6) is 0 Å². The molecule has 2 N–H and O–H groups in total. The quantitative estimate of drug-likeness (QED) is 0.570. The molecule has 5 nitrogen and oxygen atoms in total. The number of nitrogens with one attached hydrogen (secondary N) is 1. The number of rotatable bonds is 5. The number of sulfone groups is 1. The Morgan fingerprint density at radius 3 is 2.39 bits per heavy atom. The lowest BCUT2D eigenvalue weighted by molar-refractivity contribution is -0.0413. The van der Waals surface area contributed by atoms with Crippen molar-refractivity contribution in [2.45, 2.75) is 68.1 Å². The molecule has 4 atom stereocenters. The van der Waals surface area contributed by atoms with E-state index >= 15 is 0 Å². The summed E-state index contributed by atoms with van der Waals surface area (Å²) in [5.41, 5.74) is 0.228. The van der Waals surface area contributed by atoms with Crippen molar-refractivity contribution in [1.29, 1.82) is 0 Å². The Hall–Kier alpha value is -1.96. The van der Waals surface area contributed by atoms with E-state index in [2.05, 4.69) is 5.32 Å². The van der Waals surface area contributed by atoms with Crippen LogP contribution < -0.4 is 5.32 Å². The normalized spacial score (nSPS) is 27.1. The van der Waals surface area contributed by atoms with Crippen LogP contribution in [0.1, 0.15) is 68.3 Å². The van der Waals surface area contributed by atoms with Gasteiger partial charge in [-0.15, -0.1) is 0 Å². The number of hydrogen-bond donors (Lipinski definition) is 2. The maximum absolute atomic E-state index is 14.0. The number of anilines is 1. The Morgan fingerprint density at radius 1 is 1.15 bits per heavy atom. The molecule has 2 aliphatic rings. The molecule has 178 valence electrons. The van der Waals surface area contributed by atoms with Gasteiger partial charge in [-0.2, -0.15) is 0 Å². The smallest absolute Gasteiger partial charge is 0.255 e. The third-order valence-electron chi connectivity index (χ3n) is 7.43. The summed E-state index contributed by atoms with van der Waals surface area (Å²) in [5, 5.41) is 12.9. The molecule has 2 fully saturated rings. The number of benzene rings is 2.